The highest BCUT2D eigenvalue weighted by Gasteiger charge is 2.12. The first-order valence-corrected chi connectivity index (χ1v) is 8.13. The van der Waals surface area contributed by atoms with E-state index in [1.165, 1.54) is 6.07 Å². The van der Waals surface area contributed by atoms with Crippen LogP contribution in [0.1, 0.15) is 5.69 Å². The summed E-state index contributed by atoms with van der Waals surface area (Å²) in [5.74, 6) is -0.443. The summed E-state index contributed by atoms with van der Waals surface area (Å²) in [4.78, 5) is 13.0. The van der Waals surface area contributed by atoms with Crippen LogP contribution in [-0.2, 0) is 0 Å². The average molecular weight is 350 g/mol. The Balaban J connectivity index is 1.92. The normalized spacial score (nSPS) is 11.0. The number of aryl methyl sites for hydroxylation is 1. The van der Waals surface area contributed by atoms with Gasteiger partial charge < -0.3 is 0 Å². The quantitative estimate of drug-likeness (QED) is 0.482. The number of hydrogen-bond acceptors (Lipinski definition) is 3. The van der Waals surface area contributed by atoms with E-state index >= 15 is 0 Å². The Hall–Kier alpha value is -2.85. The minimum atomic E-state index is -0.443. The standard InChI is InChI=1S/C20H13ClFN3/c1-12-16-9-13(5-7-19(16)25-11-24-12)15-3-2-8-23-20(15)14-4-6-18(22)17(21)10-14/h2-11H,1H3. The van der Waals surface area contributed by atoms with Crippen LogP contribution in [0, 0.1) is 12.7 Å². The molecule has 0 aliphatic rings. The molecule has 5 heteroatoms. The van der Waals surface area contributed by atoms with Crippen LogP contribution in [0.5, 0.6) is 0 Å². The van der Waals surface area contributed by atoms with Gasteiger partial charge in [-0.1, -0.05) is 23.7 Å². The van der Waals surface area contributed by atoms with Crippen LogP contribution in [-0.4, -0.2) is 15.0 Å². The van der Waals surface area contributed by atoms with Crippen LogP contribution in [0.3, 0.4) is 0 Å². The Morgan fingerprint density at radius 2 is 1.76 bits per heavy atom. The summed E-state index contributed by atoms with van der Waals surface area (Å²) in [5, 5.41) is 1.07. The van der Waals surface area contributed by atoms with Gasteiger partial charge in [-0.15, -0.1) is 0 Å². The number of pyridine rings is 1. The van der Waals surface area contributed by atoms with E-state index in [0.29, 0.717) is 0 Å². The molecule has 3 nitrogen and oxygen atoms in total. The largest absolute Gasteiger partial charge is 0.256 e. The maximum absolute atomic E-state index is 13.5. The number of halogens is 2. The van der Waals surface area contributed by atoms with Crippen molar-refractivity contribution in [1.29, 1.82) is 0 Å². The molecule has 0 aliphatic carbocycles. The number of fused-ring (bicyclic) bond motifs is 1. The van der Waals surface area contributed by atoms with Gasteiger partial charge in [0.1, 0.15) is 12.1 Å². The second kappa shape index (κ2) is 6.22. The summed E-state index contributed by atoms with van der Waals surface area (Å²) in [6.45, 7) is 1.96. The lowest BCUT2D eigenvalue weighted by molar-refractivity contribution is 0.628. The van der Waals surface area contributed by atoms with Gasteiger partial charge in [0.2, 0.25) is 0 Å². The van der Waals surface area contributed by atoms with E-state index in [1.54, 1.807) is 24.7 Å². The van der Waals surface area contributed by atoms with Crippen molar-refractivity contribution in [3.63, 3.8) is 0 Å². The Morgan fingerprint density at radius 1 is 0.920 bits per heavy atom. The molecular weight excluding hydrogens is 337 g/mol. The van der Waals surface area contributed by atoms with Crippen molar-refractivity contribution in [3.8, 4) is 22.4 Å². The van der Waals surface area contributed by atoms with E-state index in [0.717, 1.165) is 39.0 Å². The topological polar surface area (TPSA) is 38.7 Å². The summed E-state index contributed by atoms with van der Waals surface area (Å²) in [5.41, 5.74) is 5.26. The van der Waals surface area contributed by atoms with Gasteiger partial charge in [-0.3, -0.25) is 4.98 Å². The highest BCUT2D eigenvalue weighted by molar-refractivity contribution is 6.31. The Morgan fingerprint density at radius 3 is 2.60 bits per heavy atom. The number of hydrogen-bond donors (Lipinski definition) is 0. The Kier molecular flexibility index (Phi) is 3.90. The van der Waals surface area contributed by atoms with Crippen LogP contribution in [0.4, 0.5) is 4.39 Å². The first-order valence-electron chi connectivity index (χ1n) is 7.75. The van der Waals surface area contributed by atoms with Gasteiger partial charge in [0, 0.05) is 28.4 Å². The predicted molar refractivity (Wildman–Crippen MR) is 97.9 cm³/mol. The molecule has 0 radical (unpaired) electrons. The number of benzene rings is 2. The number of nitrogens with zero attached hydrogens (tertiary/aromatic N) is 3. The van der Waals surface area contributed by atoms with Crippen molar-refractivity contribution in [1.82, 2.24) is 15.0 Å². The first kappa shape index (κ1) is 15.7. The average Bonchev–Trinajstić information content (AvgIpc) is 2.64. The molecular formula is C20H13ClFN3. The van der Waals surface area contributed by atoms with E-state index in [9.17, 15) is 4.39 Å². The zero-order valence-corrected chi connectivity index (χ0v) is 14.1. The van der Waals surface area contributed by atoms with Gasteiger partial charge in [-0.25, -0.2) is 14.4 Å². The van der Waals surface area contributed by atoms with Crippen LogP contribution in [0.15, 0.2) is 61.1 Å². The lowest BCUT2D eigenvalue weighted by Gasteiger charge is -2.11. The van der Waals surface area contributed by atoms with Crippen molar-refractivity contribution in [2.24, 2.45) is 0 Å². The molecule has 0 spiro atoms. The second-order valence-electron chi connectivity index (χ2n) is 5.72. The Bertz CT molecular complexity index is 1100. The molecule has 0 amide bonds. The van der Waals surface area contributed by atoms with E-state index < -0.39 is 5.82 Å². The van der Waals surface area contributed by atoms with Crippen molar-refractivity contribution in [3.05, 3.63) is 77.6 Å². The molecule has 2 aromatic carbocycles. The van der Waals surface area contributed by atoms with E-state index in [4.69, 9.17) is 11.6 Å². The third-order valence-corrected chi connectivity index (χ3v) is 4.44. The number of aromatic nitrogens is 3. The molecule has 4 aromatic rings. The fraction of sp³-hybridized carbons (Fsp3) is 0.0500. The summed E-state index contributed by atoms with van der Waals surface area (Å²) >= 11 is 5.94. The molecule has 25 heavy (non-hydrogen) atoms. The summed E-state index contributed by atoms with van der Waals surface area (Å²) < 4.78 is 13.5. The predicted octanol–water partition coefficient (Wildman–Crippen LogP) is 5.46. The SMILES string of the molecule is Cc1ncnc2ccc(-c3cccnc3-c3ccc(F)c(Cl)c3)cc12. The van der Waals surface area contributed by atoms with Crippen LogP contribution < -0.4 is 0 Å². The Labute approximate surface area is 149 Å². The van der Waals surface area contributed by atoms with Crippen LogP contribution in [0.2, 0.25) is 5.02 Å². The third kappa shape index (κ3) is 2.85. The van der Waals surface area contributed by atoms with E-state index in [2.05, 4.69) is 21.0 Å². The number of rotatable bonds is 2. The van der Waals surface area contributed by atoms with Crippen LogP contribution in [0.25, 0.3) is 33.3 Å². The molecule has 0 unspecified atom stereocenters. The van der Waals surface area contributed by atoms with Crippen molar-refractivity contribution in [2.45, 2.75) is 6.92 Å². The molecule has 0 saturated carbocycles. The third-order valence-electron chi connectivity index (χ3n) is 4.15. The molecule has 122 valence electrons. The maximum atomic E-state index is 13.5. The van der Waals surface area contributed by atoms with Gasteiger partial charge in [-0.05, 0) is 48.9 Å². The lowest BCUT2D eigenvalue weighted by atomic mass is 9.98. The van der Waals surface area contributed by atoms with Gasteiger partial charge in [-0.2, -0.15) is 0 Å². The summed E-state index contributed by atoms with van der Waals surface area (Å²) in [6, 6.07) is 14.5. The molecule has 4 rings (SSSR count). The molecule has 0 bridgehead atoms. The van der Waals surface area contributed by atoms with Gasteiger partial charge in [0.15, 0.2) is 0 Å². The first-order chi connectivity index (χ1) is 12.1. The highest BCUT2D eigenvalue weighted by atomic mass is 35.5. The van der Waals surface area contributed by atoms with Crippen LogP contribution >= 0.6 is 11.6 Å². The summed E-state index contributed by atoms with van der Waals surface area (Å²) in [7, 11) is 0. The zero-order chi connectivity index (χ0) is 17.4. The molecule has 0 saturated heterocycles. The zero-order valence-electron chi connectivity index (χ0n) is 13.4. The van der Waals surface area contributed by atoms with Gasteiger partial charge >= 0.3 is 0 Å². The lowest BCUT2D eigenvalue weighted by Crippen LogP contribution is -1.92. The molecule has 2 heterocycles. The molecule has 0 aliphatic heterocycles. The minimum Gasteiger partial charge on any atom is -0.256 e. The van der Waals surface area contributed by atoms with Crippen molar-refractivity contribution >= 4 is 22.5 Å². The molecule has 2 aromatic heterocycles. The fourth-order valence-corrected chi connectivity index (χ4v) is 3.05. The highest BCUT2D eigenvalue weighted by Crippen LogP contribution is 2.33. The minimum absolute atomic E-state index is 0.0804. The smallest absolute Gasteiger partial charge is 0.141 e. The molecule has 0 N–H and O–H groups in total. The van der Waals surface area contributed by atoms with E-state index in [-0.39, 0.29) is 5.02 Å². The summed E-state index contributed by atoms with van der Waals surface area (Å²) in [6.07, 6.45) is 3.28. The fourth-order valence-electron chi connectivity index (χ4n) is 2.86. The maximum Gasteiger partial charge on any atom is 0.141 e. The van der Waals surface area contributed by atoms with Crippen molar-refractivity contribution in [2.75, 3.05) is 0 Å². The monoisotopic (exact) mass is 349 g/mol. The van der Waals surface area contributed by atoms with Gasteiger partial charge in [0.25, 0.3) is 0 Å². The second-order valence-corrected chi connectivity index (χ2v) is 6.13. The van der Waals surface area contributed by atoms with Gasteiger partial charge in [0.05, 0.1) is 16.2 Å². The van der Waals surface area contributed by atoms with E-state index in [1.807, 2.05) is 31.2 Å². The molecule has 0 atom stereocenters. The molecule has 0 fully saturated rings. The van der Waals surface area contributed by atoms with Crippen molar-refractivity contribution < 1.29 is 4.39 Å².